The second kappa shape index (κ2) is 7.23. The Morgan fingerprint density at radius 3 is 2.72 bits per heavy atom. The number of halogens is 2. The third kappa shape index (κ3) is 3.82. The standard InChI is InChI=1S/C19H18ClFN2O2/c1-12-5-7-14(11-17(12)23-9-3-2-4-18(23)24)22-19(25)15-8-6-13(21)10-16(15)20/h5-8,10-11H,2-4,9H2,1H3,(H,22,25). The lowest BCUT2D eigenvalue weighted by Crippen LogP contribution is -2.35. The number of carbonyl (C=O) groups is 2. The Morgan fingerprint density at radius 1 is 1.20 bits per heavy atom. The Labute approximate surface area is 150 Å². The van der Waals surface area contributed by atoms with E-state index in [0.717, 1.165) is 30.2 Å². The molecule has 2 aromatic carbocycles. The molecule has 0 unspecified atom stereocenters. The number of aryl methyl sites for hydroxylation is 1. The van der Waals surface area contributed by atoms with Gasteiger partial charge in [0.15, 0.2) is 0 Å². The number of nitrogens with one attached hydrogen (secondary N) is 1. The van der Waals surface area contributed by atoms with Gasteiger partial charge in [0.2, 0.25) is 5.91 Å². The highest BCUT2D eigenvalue weighted by molar-refractivity contribution is 6.34. The molecule has 4 nitrogen and oxygen atoms in total. The van der Waals surface area contributed by atoms with E-state index in [1.165, 1.54) is 12.1 Å². The van der Waals surface area contributed by atoms with Crippen molar-refractivity contribution in [1.29, 1.82) is 0 Å². The zero-order valence-electron chi connectivity index (χ0n) is 13.8. The number of piperidine rings is 1. The summed E-state index contributed by atoms with van der Waals surface area (Å²) in [6.07, 6.45) is 2.42. The van der Waals surface area contributed by atoms with Crippen LogP contribution in [0, 0.1) is 12.7 Å². The van der Waals surface area contributed by atoms with E-state index in [-0.39, 0.29) is 16.5 Å². The molecular formula is C19H18ClFN2O2. The number of carbonyl (C=O) groups excluding carboxylic acids is 2. The van der Waals surface area contributed by atoms with Crippen LogP contribution in [0.25, 0.3) is 0 Å². The molecule has 3 rings (SSSR count). The van der Waals surface area contributed by atoms with Gasteiger partial charge in [-0.15, -0.1) is 0 Å². The summed E-state index contributed by atoms with van der Waals surface area (Å²) in [7, 11) is 0. The van der Waals surface area contributed by atoms with Gasteiger partial charge in [-0.3, -0.25) is 9.59 Å². The smallest absolute Gasteiger partial charge is 0.257 e. The van der Waals surface area contributed by atoms with Crippen molar-refractivity contribution < 1.29 is 14.0 Å². The Kier molecular flexibility index (Phi) is 5.04. The predicted octanol–water partition coefficient (Wildman–Crippen LogP) is 4.56. The zero-order valence-corrected chi connectivity index (χ0v) is 14.6. The lowest BCUT2D eigenvalue weighted by atomic mass is 10.1. The van der Waals surface area contributed by atoms with Crippen molar-refractivity contribution in [3.05, 3.63) is 58.4 Å². The van der Waals surface area contributed by atoms with Gasteiger partial charge in [-0.2, -0.15) is 0 Å². The molecule has 2 aromatic rings. The fourth-order valence-electron chi connectivity index (χ4n) is 2.91. The first-order valence-electron chi connectivity index (χ1n) is 8.13. The molecule has 25 heavy (non-hydrogen) atoms. The Balaban J connectivity index is 1.84. The van der Waals surface area contributed by atoms with Crippen LogP contribution in [0.5, 0.6) is 0 Å². The summed E-state index contributed by atoms with van der Waals surface area (Å²) in [5.74, 6) is -0.827. The predicted molar refractivity (Wildman–Crippen MR) is 96.7 cm³/mol. The number of hydrogen-bond donors (Lipinski definition) is 1. The van der Waals surface area contributed by atoms with Crippen molar-refractivity contribution in [2.24, 2.45) is 0 Å². The summed E-state index contributed by atoms with van der Waals surface area (Å²) in [6.45, 7) is 2.61. The van der Waals surface area contributed by atoms with Crippen LogP contribution >= 0.6 is 11.6 Å². The normalized spacial score (nSPS) is 14.5. The van der Waals surface area contributed by atoms with Crippen molar-refractivity contribution in [3.8, 4) is 0 Å². The molecule has 1 aliphatic heterocycles. The minimum Gasteiger partial charge on any atom is -0.322 e. The van der Waals surface area contributed by atoms with Crippen LogP contribution in [-0.2, 0) is 4.79 Å². The Bertz CT molecular complexity index is 838. The van der Waals surface area contributed by atoms with Crippen molar-refractivity contribution in [2.75, 3.05) is 16.8 Å². The second-order valence-corrected chi connectivity index (χ2v) is 6.49. The topological polar surface area (TPSA) is 49.4 Å². The monoisotopic (exact) mass is 360 g/mol. The van der Waals surface area contributed by atoms with E-state index in [9.17, 15) is 14.0 Å². The highest BCUT2D eigenvalue weighted by Crippen LogP contribution is 2.28. The van der Waals surface area contributed by atoms with E-state index < -0.39 is 11.7 Å². The molecule has 0 aliphatic carbocycles. The van der Waals surface area contributed by atoms with Gasteiger partial charge in [-0.1, -0.05) is 17.7 Å². The van der Waals surface area contributed by atoms with Crippen molar-refractivity contribution in [1.82, 2.24) is 0 Å². The lowest BCUT2D eigenvalue weighted by Gasteiger charge is -2.28. The number of rotatable bonds is 3. The average Bonchev–Trinajstić information content (AvgIpc) is 2.57. The van der Waals surface area contributed by atoms with Crippen LogP contribution < -0.4 is 10.2 Å². The third-order valence-electron chi connectivity index (χ3n) is 4.26. The summed E-state index contributed by atoms with van der Waals surface area (Å²) in [5.41, 5.74) is 2.52. The van der Waals surface area contributed by atoms with Gasteiger partial charge in [0.05, 0.1) is 10.6 Å². The first kappa shape index (κ1) is 17.4. The number of amides is 2. The minimum absolute atomic E-state index is 0.0519. The summed E-state index contributed by atoms with van der Waals surface area (Å²) >= 11 is 5.93. The van der Waals surface area contributed by atoms with Gasteiger partial charge in [0.1, 0.15) is 5.82 Å². The van der Waals surface area contributed by atoms with E-state index in [1.807, 2.05) is 13.0 Å². The maximum atomic E-state index is 13.1. The summed E-state index contributed by atoms with van der Waals surface area (Å²) in [6, 6.07) is 9.04. The molecule has 0 aromatic heterocycles. The first-order valence-corrected chi connectivity index (χ1v) is 8.51. The van der Waals surface area contributed by atoms with Gasteiger partial charge < -0.3 is 10.2 Å². The first-order chi connectivity index (χ1) is 12.0. The number of nitrogens with zero attached hydrogens (tertiary/aromatic N) is 1. The minimum atomic E-state index is -0.497. The maximum absolute atomic E-state index is 13.1. The van der Waals surface area contributed by atoms with Crippen LogP contribution in [0.1, 0.15) is 35.2 Å². The second-order valence-electron chi connectivity index (χ2n) is 6.08. The Hall–Kier alpha value is -2.40. The summed E-state index contributed by atoms with van der Waals surface area (Å²) in [4.78, 5) is 26.3. The summed E-state index contributed by atoms with van der Waals surface area (Å²) in [5, 5.41) is 2.81. The molecule has 1 aliphatic rings. The lowest BCUT2D eigenvalue weighted by molar-refractivity contribution is -0.119. The van der Waals surface area contributed by atoms with E-state index in [1.54, 1.807) is 17.0 Å². The van der Waals surface area contributed by atoms with Gasteiger partial charge >= 0.3 is 0 Å². The molecule has 1 heterocycles. The van der Waals surface area contributed by atoms with Crippen molar-refractivity contribution in [2.45, 2.75) is 26.2 Å². The fraction of sp³-hybridized carbons (Fsp3) is 0.263. The molecule has 1 N–H and O–H groups in total. The quantitative estimate of drug-likeness (QED) is 0.872. The molecule has 1 fully saturated rings. The van der Waals surface area contributed by atoms with Gasteiger partial charge in [-0.05, 0) is 55.7 Å². The van der Waals surface area contributed by atoms with E-state index in [0.29, 0.717) is 18.7 Å². The van der Waals surface area contributed by atoms with Crippen LogP contribution in [-0.4, -0.2) is 18.4 Å². The molecule has 2 amide bonds. The van der Waals surface area contributed by atoms with Gasteiger partial charge in [0, 0.05) is 24.3 Å². The molecular weight excluding hydrogens is 343 g/mol. The van der Waals surface area contributed by atoms with Gasteiger partial charge in [0.25, 0.3) is 5.91 Å². The highest BCUT2D eigenvalue weighted by Gasteiger charge is 2.21. The Morgan fingerprint density at radius 2 is 2.00 bits per heavy atom. The third-order valence-corrected chi connectivity index (χ3v) is 4.57. The van der Waals surface area contributed by atoms with E-state index >= 15 is 0 Å². The van der Waals surface area contributed by atoms with E-state index in [2.05, 4.69) is 5.32 Å². The fourth-order valence-corrected chi connectivity index (χ4v) is 3.16. The molecule has 130 valence electrons. The van der Waals surface area contributed by atoms with Crippen LogP contribution in [0.15, 0.2) is 36.4 Å². The molecule has 6 heteroatoms. The van der Waals surface area contributed by atoms with E-state index in [4.69, 9.17) is 11.6 Å². The van der Waals surface area contributed by atoms with Crippen molar-refractivity contribution in [3.63, 3.8) is 0 Å². The summed E-state index contributed by atoms with van der Waals surface area (Å²) < 4.78 is 13.1. The SMILES string of the molecule is Cc1ccc(NC(=O)c2ccc(F)cc2Cl)cc1N1CCCCC1=O. The molecule has 0 spiro atoms. The zero-order chi connectivity index (χ0) is 18.0. The number of benzene rings is 2. The van der Waals surface area contributed by atoms with Crippen LogP contribution in [0.3, 0.4) is 0 Å². The van der Waals surface area contributed by atoms with Crippen molar-refractivity contribution >= 4 is 34.8 Å². The molecule has 0 bridgehead atoms. The molecule has 0 saturated carbocycles. The largest absolute Gasteiger partial charge is 0.322 e. The molecule has 0 atom stereocenters. The van der Waals surface area contributed by atoms with Crippen LogP contribution in [0.2, 0.25) is 5.02 Å². The highest BCUT2D eigenvalue weighted by atomic mass is 35.5. The number of hydrogen-bond acceptors (Lipinski definition) is 2. The van der Waals surface area contributed by atoms with Gasteiger partial charge in [-0.25, -0.2) is 4.39 Å². The molecule has 0 radical (unpaired) electrons. The maximum Gasteiger partial charge on any atom is 0.257 e. The molecule has 1 saturated heterocycles. The average molecular weight is 361 g/mol. The van der Waals surface area contributed by atoms with Crippen LogP contribution in [0.4, 0.5) is 15.8 Å². The number of anilines is 2.